The summed E-state index contributed by atoms with van der Waals surface area (Å²) in [7, 11) is -5.67. The molecule has 0 aliphatic heterocycles. The van der Waals surface area contributed by atoms with E-state index < -0.39 is 140 Å². The standard InChI is InChI=1S/C50H34F12O9S/c1-24-35(51)39(55)47(40(56)36(24)52)69-18-15-66-32-9-3-26(4-10-32)29-21-30(27-5-11-33(12-6-27)67-16-19-70-48-41(57)37(53)25(2)38(54)42(48)58)23-31(22-29)28-7-13-34(14-8-28)68-17-20-71-49-43(59)45(61)50(72(63,64)65)46(62)44(49)60/h3-14,21-23H,15-20H2,1-2H3,(H,63,64,65). The first-order chi connectivity index (χ1) is 34.2. The molecule has 0 amide bonds. The maximum absolute atomic E-state index is 14.4. The molecule has 7 aromatic rings. The molecule has 9 nitrogen and oxygen atoms in total. The third-order valence-corrected chi connectivity index (χ3v) is 11.5. The smallest absolute Gasteiger partial charge is 0.300 e. The molecule has 1 N–H and O–H groups in total. The van der Waals surface area contributed by atoms with Gasteiger partial charge in [0.1, 0.15) is 56.9 Å². The second kappa shape index (κ2) is 21.8. The van der Waals surface area contributed by atoms with Crippen molar-refractivity contribution in [2.24, 2.45) is 0 Å². The minimum Gasteiger partial charge on any atom is -0.490 e. The van der Waals surface area contributed by atoms with Gasteiger partial charge in [-0.05, 0) is 102 Å². The van der Waals surface area contributed by atoms with Crippen LogP contribution in [0.15, 0.2) is 95.9 Å². The fourth-order valence-electron chi connectivity index (χ4n) is 6.91. The minimum absolute atomic E-state index is 0.211. The van der Waals surface area contributed by atoms with E-state index in [1.165, 1.54) is 12.1 Å². The zero-order chi connectivity index (χ0) is 52.2. The van der Waals surface area contributed by atoms with E-state index in [9.17, 15) is 61.1 Å². The van der Waals surface area contributed by atoms with E-state index in [1.54, 1.807) is 60.7 Å². The molecule has 7 aromatic carbocycles. The lowest BCUT2D eigenvalue weighted by molar-refractivity contribution is 0.199. The molecule has 0 fully saturated rings. The number of ether oxygens (including phenoxy) is 6. The van der Waals surface area contributed by atoms with Crippen molar-refractivity contribution in [3.05, 3.63) is 172 Å². The Morgan fingerprint density at radius 3 is 0.792 bits per heavy atom. The molecule has 0 saturated heterocycles. The van der Waals surface area contributed by atoms with Gasteiger partial charge in [-0.2, -0.15) is 34.8 Å². The third kappa shape index (κ3) is 11.1. The molecule has 0 unspecified atom stereocenters. The minimum atomic E-state index is -5.67. The lowest BCUT2D eigenvalue weighted by Gasteiger charge is -2.14. The monoisotopic (exact) mass is 1040 g/mol. The van der Waals surface area contributed by atoms with E-state index >= 15 is 0 Å². The van der Waals surface area contributed by atoms with Crippen molar-refractivity contribution in [2.45, 2.75) is 18.7 Å². The highest BCUT2D eigenvalue weighted by atomic mass is 32.2. The van der Waals surface area contributed by atoms with Gasteiger partial charge in [0.15, 0.2) is 57.0 Å². The predicted molar refractivity (Wildman–Crippen MR) is 234 cm³/mol. The molecule has 0 aromatic heterocycles. The Morgan fingerprint density at radius 2 is 0.556 bits per heavy atom. The highest BCUT2D eigenvalue weighted by molar-refractivity contribution is 7.85. The van der Waals surface area contributed by atoms with Crippen LogP contribution in [0.4, 0.5) is 52.7 Å². The molecular weight excluding hydrogens is 1000 g/mol. The van der Waals surface area contributed by atoms with Gasteiger partial charge in [0.25, 0.3) is 0 Å². The molecule has 0 atom stereocenters. The lowest BCUT2D eigenvalue weighted by Crippen LogP contribution is -2.15. The number of hydrogen-bond acceptors (Lipinski definition) is 8. The molecule has 0 bridgehead atoms. The maximum atomic E-state index is 14.4. The lowest BCUT2D eigenvalue weighted by atomic mass is 9.93. The molecule has 0 aliphatic carbocycles. The topological polar surface area (TPSA) is 110 Å². The molecule has 7 rings (SSSR count). The number of hydrogen-bond donors (Lipinski definition) is 1. The molecule has 0 radical (unpaired) electrons. The fourth-order valence-corrected chi connectivity index (χ4v) is 7.54. The highest BCUT2D eigenvalue weighted by Gasteiger charge is 2.33. The summed E-state index contributed by atoms with van der Waals surface area (Å²) in [4.78, 5) is -2.22. The van der Waals surface area contributed by atoms with Crippen LogP contribution in [0, 0.1) is 83.7 Å². The van der Waals surface area contributed by atoms with Gasteiger partial charge in [-0.3, -0.25) is 4.55 Å². The van der Waals surface area contributed by atoms with Crippen LogP contribution < -0.4 is 28.4 Å². The summed E-state index contributed by atoms with van der Waals surface area (Å²) in [6.07, 6.45) is 0. The van der Waals surface area contributed by atoms with Crippen molar-refractivity contribution >= 4 is 10.1 Å². The summed E-state index contributed by atoms with van der Waals surface area (Å²) >= 11 is 0. The molecule has 22 heteroatoms. The Bertz CT molecular complexity index is 3040. The number of rotatable bonds is 19. The van der Waals surface area contributed by atoms with E-state index in [4.69, 9.17) is 33.0 Å². The van der Waals surface area contributed by atoms with Crippen LogP contribution >= 0.6 is 0 Å². The summed E-state index contributed by atoms with van der Waals surface area (Å²) < 4.78 is 233. The summed E-state index contributed by atoms with van der Waals surface area (Å²) in [6.45, 7) is -0.858. The molecule has 0 aliphatic rings. The third-order valence-electron chi connectivity index (χ3n) is 10.6. The summed E-state index contributed by atoms with van der Waals surface area (Å²) in [5.74, 6) is -25.5. The van der Waals surface area contributed by atoms with Crippen LogP contribution in [0.1, 0.15) is 11.1 Å². The zero-order valence-corrected chi connectivity index (χ0v) is 37.9. The van der Waals surface area contributed by atoms with Crippen molar-refractivity contribution in [1.82, 2.24) is 0 Å². The van der Waals surface area contributed by atoms with E-state index in [0.717, 1.165) is 13.8 Å². The average Bonchev–Trinajstić information content (AvgIpc) is 3.37. The molecule has 378 valence electrons. The SMILES string of the molecule is Cc1c(F)c(F)c(OCCOc2ccc(-c3cc(-c4ccc(OCCOc5c(F)c(F)c(C)c(F)c5F)cc4)cc(-c4ccc(OCCOc5c(F)c(F)c(S(=O)(=O)O)c(F)c5F)cc4)c3)cc2)c(F)c1F. The van der Waals surface area contributed by atoms with Crippen molar-refractivity contribution in [3.63, 3.8) is 0 Å². The van der Waals surface area contributed by atoms with Gasteiger partial charge >= 0.3 is 10.1 Å². The van der Waals surface area contributed by atoms with E-state index in [1.807, 2.05) is 18.2 Å². The van der Waals surface area contributed by atoms with Crippen LogP contribution in [0.3, 0.4) is 0 Å². The Kier molecular flexibility index (Phi) is 15.8. The number of benzene rings is 7. The van der Waals surface area contributed by atoms with Crippen LogP contribution in [-0.4, -0.2) is 52.6 Å². The largest absolute Gasteiger partial charge is 0.490 e. The number of halogens is 12. The van der Waals surface area contributed by atoms with Gasteiger partial charge in [-0.25, -0.2) is 26.3 Å². The quantitative estimate of drug-likeness (QED) is 0.0366. The van der Waals surface area contributed by atoms with Crippen molar-refractivity contribution in [2.75, 3.05) is 39.6 Å². The van der Waals surface area contributed by atoms with Gasteiger partial charge in [0.2, 0.25) is 34.9 Å². The molecule has 0 heterocycles. The maximum Gasteiger partial charge on any atom is 0.300 e. The Morgan fingerprint density at radius 1 is 0.333 bits per heavy atom. The van der Waals surface area contributed by atoms with E-state index in [-0.39, 0.29) is 19.0 Å². The van der Waals surface area contributed by atoms with Gasteiger partial charge in [-0.15, -0.1) is 0 Å². The second-order valence-electron chi connectivity index (χ2n) is 15.3. The van der Waals surface area contributed by atoms with Gasteiger partial charge in [-0.1, -0.05) is 36.4 Å². The Labute approximate surface area is 401 Å². The summed E-state index contributed by atoms with van der Waals surface area (Å²) in [6, 6.07) is 25.0. The fraction of sp³-hybridized carbons (Fsp3) is 0.160. The Balaban J connectivity index is 1.06. The summed E-state index contributed by atoms with van der Waals surface area (Å²) in [5, 5.41) is 0. The van der Waals surface area contributed by atoms with Crippen LogP contribution in [0.2, 0.25) is 0 Å². The predicted octanol–water partition coefficient (Wildman–Crippen LogP) is 12.6. The molecule has 0 spiro atoms. The van der Waals surface area contributed by atoms with E-state index in [2.05, 4.69) is 0 Å². The van der Waals surface area contributed by atoms with Gasteiger partial charge in [0.05, 0.1) is 0 Å². The molecular formula is C50H34F12O9S. The van der Waals surface area contributed by atoms with Crippen LogP contribution in [0.5, 0.6) is 34.5 Å². The van der Waals surface area contributed by atoms with Crippen LogP contribution in [-0.2, 0) is 10.1 Å². The molecule has 0 saturated carbocycles. The van der Waals surface area contributed by atoms with Crippen molar-refractivity contribution < 1.29 is 94.1 Å². The molecule has 72 heavy (non-hydrogen) atoms. The first-order valence-corrected chi connectivity index (χ1v) is 22.3. The van der Waals surface area contributed by atoms with Crippen molar-refractivity contribution in [3.8, 4) is 67.9 Å². The normalized spacial score (nSPS) is 11.4. The van der Waals surface area contributed by atoms with Crippen LogP contribution in [0.25, 0.3) is 33.4 Å². The zero-order valence-electron chi connectivity index (χ0n) is 37.1. The first-order valence-electron chi connectivity index (χ1n) is 20.9. The van der Waals surface area contributed by atoms with E-state index in [0.29, 0.717) is 44.9 Å². The summed E-state index contributed by atoms with van der Waals surface area (Å²) in [5.41, 5.74) is 2.28. The van der Waals surface area contributed by atoms with Gasteiger partial charge in [0, 0.05) is 11.1 Å². The highest BCUT2D eigenvalue weighted by Crippen LogP contribution is 2.37. The average molecular weight is 1040 g/mol. The second-order valence-corrected chi connectivity index (χ2v) is 16.6. The Hall–Kier alpha value is -7.59. The van der Waals surface area contributed by atoms with Crippen molar-refractivity contribution in [1.29, 1.82) is 0 Å². The van der Waals surface area contributed by atoms with Gasteiger partial charge < -0.3 is 28.4 Å². The first kappa shape index (κ1) is 52.2.